The highest BCUT2D eigenvalue weighted by atomic mass is 15.1. The van der Waals surface area contributed by atoms with Gasteiger partial charge in [0.05, 0.1) is 0 Å². The molecule has 0 heterocycles. The summed E-state index contributed by atoms with van der Waals surface area (Å²) in [6, 6.07) is 68.9. The summed E-state index contributed by atoms with van der Waals surface area (Å²) in [4.78, 5) is 2.41. The second-order valence-corrected chi connectivity index (χ2v) is 12.9. The lowest BCUT2D eigenvalue weighted by atomic mass is 9.94. The molecule has 0 aliphatic heterocycles. The van der Waals surface area contributed by atoms with Crippen LogP contribution >= 0.6 is 0 Å². The van der Waals surface area contributed by atoms with Gasteiger partial charge in [-0.05, 0) is 112 Å². The Morgan fingerprint density at radius 2 is 0.694 bits per heavy atom. The largest absolute Gasteiger partial charge is 0.310 e. The predicted octanol–water partition coefficient (Wildman–Crippen LogP) is 13.7. The Bertz CT molecular complexity index is 2840. The minimum absolute atomic E-state index is 1.12. The van der Waals surface area contributed by atoms with E-state index in [0.29, 0.717) is 0 Å². The Hall–Kier alpha value is -6.44. The maximum atomic E-state index is 2.41. The third kappa shape index (κ3) is 4.47. The Kier molecular flexibility index (Phi) is 6.25. The van der Waals surface area contributed by atoms with E-state index >= 15 is 0 Å². The first-order valence-electron chi connectivity index (χ1n) is 16.9. The lowest BCUT2D eigenvalue weighted by Crippen LogP contribution is -2.10. The Morgan fingerprint density at radius 3 is 1.39 bits per heavy atom. The third-order valence-electron chi connectivity index (χ3n) is 10.2. The number of nitrogens with zero attached hydrogens (tertiary/aromatic N) is 1. The first-order chi connectivity index (χ1) is 24.3. The molecule has 0 N–H and O–H groups in total. The first-order valence-corrected chi connectivity index (χ1v) is 16.9. The van der Waals surface area contributed by atoms with E-state index in [1.165, 1.54) is 75.8 Å². The van der Waals surface area contributed by atoms with Crippen LogP contribution in [0.1, 0.15) is 0 Å². The molecule has 10 aromatic carbocycles. The highest BCUT2D eigenvalue weighted by Crippen LogP contribution is 2.42. The van der Waals surface area contributed by atoms with Crippen LogP contribution < -0.4 is 4.90 Å². The molecule has 0 aromatic heterocycles. The van der Waals surface area contributed by atoms with Crippen LogP contribution in [0.5, 0.6) is 0 Å². The van der Waals surface area contributed by atoms with Gasteiger partial charge in [0, 0.05) is 17.1 Å². The molecule has 1 nitrogen and oxygen atoms in total. The third-order valence-corrected chi connectivity index (χ3v) is 10.2. The van der Waals surface area contributed by atoms with Gasteiger partial charge in [-0.15, -0.1) is 0 Å². The van der Waals surface area contributed by atoms with Crippen LogP contribution in [0.15, 0.2) is 188 Å². The SMILES string of the molecule is c1ccc2c(-c3ccc(N(c4ccc5c(ccc6ccccc65)c4)c4ccc5c6ccccc6c6ccccc6c5c4)cc3)cccc2c1. The van der Waals surface area contributed by atoms with Crippen LogP contribution in [0, 0.1) is 0 Å². The highest BCUT2D eigenvalue weighted by molar-refractivity contribution is 6.25. The van der Waals surface area contributed by atoms with E-state index in [0.717, 1.165) is 17.1 Å². The molecule has 0 spiro atoms. The van der Waals surface area contributed by atoms with E-state index in [-0.39, 0.29) is 0 Å². The van der Waals surface area contributed by atoms with Gasteiger partial charge in [0.1, 0.15) is 0 Å². The van der Waals surface area contributed by atoms with Crippen LogP contribution in [-0.4, -0.2) is 0 Å². The van der Waals surface area contributed by atoms with Gasteiger partial charge >= 0.3 is 0 Å². The molecule has 0 saturated heterocycles. The molecule has 10 aromatic rings. The summed E-state index contributed by atoms with van der Waals surface area (Å²) in [5, 5.41) is 15.2. The van der Waals surface area contributed by atoms with Crippen LogP contribution in [0.4, 0.5) is 17.1 Å². The monoisotopic (exact) mass is 621 g/mol. The van der Waals surface area contributed by atoms with Crippen molar-refractivity contribution in [2.75, 3.05) is 4.90 Å². The molecule has 0 amide bonds. The number of anilines is 3. The van der Waals surface area contributed by atoms with Crippen molar-refractivity contribution in [3.05, 3.63) is 188 Å². The van der Waals surface area contributed by atoms with Crippen molar-refractivity contribution >= 4 is 81.7 Å². The summed E-state index contributed by atoms with van der Waals surface area (Å²) in [6.45, 7) is 0. The summed E-state index contributed by atoms with van der Waals surface area (Å²) in [5.74, 6) is 0. The molecule has 0 aliphatic rings. The molecule has 0 radical (unpaired) electrons. The van der Waals surface area contributed by atoms with Crippen molar-refractivity contribution in [3.63, 3.8) is 0 Å². The normalized spacial score (nSPS) is 11.7. The van der Waals surface area contributed by atoms with E-state index in [1.807, 2.05) is 0 Å². The molecule has 10 rings (SSSR count). The van der Waals surface area contributed by atoms with Gasteiger partial charge in [-0.2, -0.15) is 0 Å². The number of hydrogen-bond donors (Lipinski definition) is 0. The molecule has 0 atom stereocenters. The number of rotatable bonds is 4. The molecule has 0 bridgehead atoms. The smallest absolute Gasteiger partial charge is 0.0468 e. The molecular formula is C48H31N. The minimum Gasteiger partial charge on any atom is -0.310 e. The fraction of sp³-hybridized carbons (Fsp3) is 0. The zero-order valence-electron chi connectivity index (χ0n) is 26.8. The van der Waals surface area contributed by atoms with E-state index < -0.39 is 0 Å². The van der Waals surface area contributed by atoms with Gasteiger partial charge in [0.15, 0.2) is 0 Å². The van der Waals surface area contributed by atoms with Gasteiger partial charge in [0.25, 0.3) is 0 Å². The van der Waals surface area contributed by atoms with E-state index in [1.54, 1.807) is 0 Å². The van der Waals surface area contributed by atoms with Crippen molar-refractivity contribution in [2.24, 2.45) is 0 Å². The Balaban J connectivity index is 1.19. The van der Waals surface area contributed by atoms with Gasteiger partial charge in [0.2, 0.25) is 0 Å². The summed E-state index contributed by atoms with van der Waals surface area (Å²) >= 11 is 0. The van der Waals surface area contributed by atoms with E-state index in [4.69, 9.17) is 0 Å². The Labute approximate surface area is 284 Å². The standard InChI is InChI=1S/C48H31N/c1-3-13-39-32(10-1)12-9-19-41(39)34-22-24-36(25-23-34)49(37-26-28-42-35(30-37)21-20-33-11-2-4-14-40(33)42)38-27-29-47-45-17-6-5-15-43(45)44-16-7-8-18-46(44)48(47)31-38/h1-31H. The fourth-order valence-electron chi connectivity index (χ4n) is 7.89. The topological polar surface area (TPSA) is 3.24 Å². The molecule has 49 heavy (non-hydrogen) atoms. The molecule has 228 valence electrons. The quantitative estimate of drug-likeness (QED) is 0.177. The maximum Gasteiger partial charge on any atom is 0.0468 e. The maximum absolute atomic E-state index is 2.41. The average Bonchev–Trinajstić information content (AvgIpc) is 3.18. The summed E-state index contributed by atoms with van der Waals surface area (Å²) in [6.07, 6.45) is 0. The molecule has 0 unspecified atom stereocenters. The summed E-state index contributed by atoms with van der Waals surface area (Å²) in [5.41, 5.74) is 5.84. The van der Waals surface area contributed by atoms with Crippen LogP contribution in [-0.2, 0) is 0 Å². The van der Waals surface area contributed by atoms with E-state index in [9.17, 15) is 0 Å². The number of benzene rings is 10. The van der Waals surface area contributed by atoms with Crippen molar-refractivity contribution < 1.29 is 0 Å². The van der Waals surface area contributed by atoms with Crippen LogP contribution in [0.25, 0.3) is 75.8 Å². The summed E-state index contributed by atoms with van der Waals surface area (Å²) in [7, 11) is 0. The lowest BCUT2D eigenvalue weighted by Gasteiger charge is -2.27. The summed E-state index contributed by atoms with van der Waals surface area (Å²) < 4.78 is 0. The van der Waals surface area contributed by atoms with Gasteiger partial charge in [-0.3, -0.25) is 0 Å². The molecule has 0 aliphatic carbocycles. The highest BCUT2D eigenvalue weighted by Gasteiger charge is 2.17. The van der Waals surface area contributed by atoms with Crippen LogP contribution in [0.3, 0.4) is 0 Å². The van der Waals surface area contributed by atoms with Gasteiger partial charge in [-0.25, -0.2) is 0 Å². The van der Waals surface area contributed by atoms with Crippen LogP contribution in [0.2, 0.25) is 0 Å². The average molecular weight is 622 g/mol. The number of hydrogen-bond acceptors (Lipinski definition) is 1. The zero-order chi connectivity index (χ0) is 32.3. The van der Waals surface area contributed by atoms with Gasteiger partial charge < -0.3 is 4.90 Å². The first kappa shape index (κ1) is 27.7. The minimum atomic E-state index is 1.12. The second kappa shape index (κ2) is 11.1. The van der Waals surface area contributed by atoms with E-state index in [2.05, 4.69) is 193 Å². The molecule has 0 fully saturated rings. The second-order valence-electron chi connectivity index (χ2n) is 12.9. The van der Waals surface area contributed by atoms with Crippen molar-refractivity contribution in [2.45, 2.75) is 0 Å². The lowest BCUT2D eigenvalue weighted by molar-refractivity contribution is 1.30. The molecule has 0 saturated carbocycles. The molecular weight excluding hydrogens is 591 g/mol. The van der Waals surface area contributed by atoms with Crippen molar-refractivity contribution in [1.29, 1.82) is 0 Å². The van der Waals surface area contributed by atoms with Crippen molar-refractivity contribution in [1.82, 2.24) is 0 Å². The number of fused-ring (bicyclic) bond motifs is 10. The molecule has 1 heteroatoms. The Morgan fingerprint density at radius 1 is 0.245 bits per heavy atom. The predicted molar refractivity (Wildman–Crippen MR) is 212 cm³/mol. The van der Waals surface area contributed by atoms with Crippen molar-refractivity contribution in [3.8, 4) is 11.1 Å². The zero-order valence-corrected chi connectivity index (χ0v) is 26.8. The fourth-order valence-corrected chi connectivity index (χ4v) is 7.89. The van der Waals surface area contributed by atoms with Gasteiger partial charge in [-0.1, -0.05) is 152 Å².